The van der Waals surface area contributed by atoms with E-state index in [4.69, 9.17) is 15.2 Å². The Bertz CT molecular complexity index is 640. The first-order valence-corrected chi connectivity index (χ1v) is 6.94. The van der Waals surface area contributed by atoms with Gasteiger partial charge in [-0.2, -0.15) is 0 Å². The third-order valence-electron chi connectivity index (χ3n) is 3.57. The summed E-state index contributed by atoms with van der Waals surface area (Å²) in [5, 5.41) is 0. The van der Waals surface area contributed by atoms with E-state index in [0.717, 1.165) is 23.1 Å². The number of benzene rings is 2. The number of primary amides is 1. The third-order valence-corrected chi connectivity index (χ3v) is 3.57. The molecule has 4 heteroatoms. The van der Waals surface area contributed by atoms with E-state index in [-0.39, 0.29) is 0 Å². The summed E-state index contributed by atoms with van der Waals surface area (Å²) in [6, 6.07) is 15.4. The zero-order chi connectivity index (χ0) is 14.7. The average Bonchev–Trinajstić information content (AvgIpc) is 2.53. The van der Waals surface area contributed by atoms with Crippen LogP contribution in [0.15, 0.2) is 48.5 Å². The van der Waals surface area contributed by atoms with Crippen molar-refractivity contribution in [3.05, 3.63) is 70.8 Å². The van der Waals surface area contributed by atoms with Gasteiger partial charge in [0.2, 0.25) is 5.91 Å². The monoisotopic (exact) mass is 283 g/mol. The van der Waals surface area contributed by atoms with Crippen LogP contribution in [0.25, 0.3) is 0 Å². The van der Waals surface area contributed by atoms with Crippen molar-refractivity contribution in [3.63, 3.8) is 0 Å². The molecule has 0 aromatic heterocycles. The number of carbonyl (C=O) groups is 1. The number of fused-ring (bicyclic) bond motifs is 1. The Kier molecular flexibility index (Phi) is 3.99. The first-order valence-electron chi connectivity index (χ1n) is 6.94. The van der Waals surface area contributed by atoms with E-state index < -0.39 is 12.2 Å². The van der Waals surface area contributed by atoms with Crippen LogP contribution in [-0.4, -0.2) is 12.5 Å². The number of hydrogen-bond acceptors (Lipinski definition) is 3. The maximum Gasteiger partial charge on any atom is 0.248 e. The Labute approximate surface area is 123 Å². The van der Waals surface area contributed by atoms with Gasteiger partial charge in [-0.3, -0.25) is 4.79 Å². The SMILES string of the molecule is NC(=O)c1ccc2c(c1)CCOC2OCc1ccccc1. The Morgan fingerprint density at radius 2 is 2.05 bits per heavy atom. The van der Waals surface area contributed by atoms with Gasteiger partial charge in [0.15, 0.2) is 6.29 Å². The second-order valence-electron chi connectivity index (χ2n) is 5.03. The zero-order valence-electron chi connectivity index (χ0n) is 11.6. The normalized spacial score (nSPS) is 17.2. The summed E-state index contributed by atoms with van der Waals surface area (Å²) in [6.45, 7) is 1.07. The molecule has 2 aromatic rings. The molecule has 0 saturated heterocycles. The van der Waals surface area contributed by atoms with Crippen molar-refractivity contribution >= 4 is 5.91 Å². The smallest absolute Gasteiger partial charge is 0.248 e. The molecular formula is C17H17NO3. The van der Waals surface area contributed by atoms with E-state index in [1.807, 2.05) is 42.5 Å². The number of amides is 1. The van der Waals surface area contributed by atoms with Crippen LogP contribution >= 0.6 is 0 Å². The fourth-order valence-electron chi connectivity index (χ4n) is 2.46. The van der Waals surface area contributed by atoms with Crippen molar-refractivity contribution in [2.24, 2.45) is 5.73 Å². The molecule has 2 N–H and O–H groups in total. The van der Waals surface area contributed by atoms with Crippen LogP contribution in [-0.2, 0) is 22.5 Å². The highest BCUT2D eigenvalue weighted by Gasteiger charge is 2.22. The molecule has 0 saturated carbocycles. The molecule has 1 atom stereocenters. The van der Waals surface area contributed by atoms with Crippen molar-refractivity contribution in [2.45, 2.75) is 19.3 Å². The lowest BCUT2D eigenvalue weighted by Gasteiger charge is -2.26. The minimum Gasteiger partial charge on any atom is -0.366 e. The van der Waals surface area contributed by atoms with Crippen LogP contribution in [0, 0.1) is 0 Å². The number of rotatable bonds is 4. The van der Waals surface area contributed by atoms with E-state index in [0.29, 0.717) is 18.8 Å². The Hall–Kier alpha value is -2.17. The van der Waals surface area contributed by atoms with Crippen LogP contribution in [0.4, 0.5) is 0 Å². The van der Waals surface area contributed by atoms with Gasteiger partial charge in [0.05, 0.1) is 13.2 Å². The van der Waals surface area contributed by atoms with E-state index in [9.17, 15) is 4.79 Å². The molecule has 4 nitrogen and oxygen atoms in total. The Balaban J connectivity index is 1.76. The summed E-state index contributed by atoms with van der Waals surface area (Å²) in [4.78, 5) is 11.2. The van der Waals surface area contributed by atoms with Crippen LogP contribution in [0.2, 0.25) is 0 Å². The standard InChI is InChI=1S/C17H17NO3/c18-16(19)14-6-7-15-13(10-14)8-9-20-17(15)21-11-12-4-2-1-3-5-12/h1-7,10,17H,8-9,11H2,(H2,18,19). The van der Waals surface area contributed by atoms with Gasteiger partial charge in [-0.15, -0.1) is 0 Å². The molecule has 1 amide bonds. The lowest BCUT2D eigenvalue weighted by Crippen LogP contribution is -2.20. The topological polar surface area (TPSA) is 61.6 Å². The molecule has 1 aliphatic heterocycles. The molecule has 1 unspecified atom stereocenters. The molecule has 1 aliphatic rings. The van der Waals surface area contributed by atoms with Gasteiger partial charge in [0.1, 0.15) is 0 Å². The highest BCUT2D eigenvalue weighted by molar-refractivity contribution is 5.93. The van der Waals surface area contributed by atoms with Crippen molar-refractivity contribution in [1.29, 1.82) is 0 Å². The van der Waals surface area contributed by atoms with Crippen LogP contribution in [0.3, 0.4) is 0 Å². The molecule has 0 bridgehead atoms. The van der Waals surface area contributed by atoms with Gasteiger partial charge >= 0.3 is 0 Å². The molecule has 21 heavy (non-hydrogen) atoms. The molecule has 2 aromatic carbocycles. The van der Waals surface area contributed by atoms with E-state index in [2.05, 4.69) is 0 Å². The minimum absolute atomic E-state index is 0.393. The number of hydrogen-bond donors (Lipinski definition) is 1. The number of carbonyl (C=O) groups excluding carboxylic acids is 1. The van der Waals surface area contributed by atoms with Gasteiger partial charge in [0.25, 0.3) is 0 Å². The van der Waals surface area contributed by atoms with Crippen LogP contribution in [0.1, 0.15) is 33.3 Å². The quantitative estimate of drug-likeness (QED) is 0.938. The summed E-state index contributed by atoms with van der Waals surface area (Å²) in [5.74, 6) is -0.411. The summed E-state index contributed by atoms with van der Waals surface area (Å²) in [5.41, 5.74) is 8.98. The lowest BCUT2D eigenvalue weighted by atomic mass is 9.99. The molecule has 0 aliphatic carbocycles. The van der Waals surface area contributed by atoms with Gasteiger partial charge in [-0.1, -0.05) is 36.4 Å². The molecule has 108 valence electrons. The molecule has 1 heterocycles. The first kappa shape index (κ1) is 13.8. The van der Waals surface area contributed by atoms with Crippen molar-refractivity contribution < 1.29 is 14.3 Å². The van der Waals surface area contributed by atoms with Crippen molar-refractivity contribution in [1.82, 2.24) is 0 Å². The van der Waals surface area contributed by atoms with Gasteiger partial charge < -0.3 is 15.2 Å². The first-order chi connectivity index (χ1) is 10.2. The van der Waals surface area contributed by atoms with Gasteiger partial charge in [-0.05, 0) is 29.7 Å². The number of ether oxygens (including phenoxy) is 2. The van der Waals surface area contributed by atoms with E-state index >= 15 is 0 Å². The maximum absolute atomic E-state index is 11.2. The summed E-state index contributed by atoms with van der Waals surface area (Å²) in [7, 11) is 0. The second-order valence-corrected chi connectivity index (χ2v) is 5.03. The zero-order valence-corrected chi connectivity index (χ0v) is 11.6. The van der Waals surface area contributed by atoms with Crippen LogP contribution < -0.4 is 5.73 Å². The van der Waals surface area contributed by atoms with Crippen molar-refractivity contribution in [2.75, 3.05) is 6.61 Å². The fraction of sp³-hybridized carbons (Fsp3) is 0.235. The Morgan fingerprint density at radius 1 is 1.24 bits per heavy atom. The van der Waals surface area contributed by atoms with Crippen molar-refractivity contribution in [3.8, 4) is 0 Å². The molecule has 0 fully saturated rings. The third kappa shape index (κ3) is 3.12. The highest BCUT2D eigenvalue weighted by atomic mass is 16.7. The van der Waals surface area contributed by atoms with Gasteiger partial charge in [-0.25, -0.2) is 0 Å². The molecule has 3 rings (SSSR count). The summed E-state index contributed by atoms with van der Waals surface area (Å²) < 4.78 is 11.5. The Morgan fingerprint density at radius 3 is 2.81 bits per heavy atom. The largest absolute Gasteiger partial charge is 0.366 e. The van der Waals surface area contributed by atoms with Gasteiger partial charge in [0, 0.05) is 11.1 Å². The van der Waals surface area contributed by atoms with E-state index in [1.54, 1.807) is 6.07 Å². The second kappa shape index (κ2) is 6.08. The average molecular weight is 283 g/mol. The molecular weight excluding hydrogens is 266 g/mol. The molecule has 0 spiro atoms. The van der Waals surface area contributed by atoms with Crippen LogP contribution in [0.5, 0.6) is 0 Å². The predicted molar refractivity (Wildman–Crippen MR) is 78.6 cm³/mol. The number of nitrogens with two attached hydrogens (primary N) is 1. The summed E-state index contributed by atoms with van der Waals surface area (Å²) >= 11 is 0. The minimum atomic E-state index is -0.411. The summed E-state index contributed by atoms with van der Waals surface area (Å²) in [6.07, 6.45) is 0.373. The maximum atomic E-state index is 11.2. The predicted octanol–water partition coefficient (Wildman–Crippen LogP) is 2.57. The van der Waals surface area contributed by atoms with E-state index in [1.165, 1.54) is 0 Å². The highest BCUT2D eigenvalue weighted by Crippen LogP contribution is 2.29. The molecule has 0 radical (unpaired) electrons. The lowest BCUT2D eigenvalue weighted by molar-refractivity contribution is -0.160. The fourth-order valence-corrected chi connectivity index (χ4v) is 2.46.